The Morgan fingerprint density at radius 1 is 1.22 bits per heavy atom. The Morgan fingerprint density at radius 2 is 1.78 bits per heavy atom. The van der Waals surface area contributed by atoms with Gasteiger partial charge in [0.05, 0.1) is 5.60 Å². The lowest BCUT2D eigenvalue weighted by Crippen LogP contribution is -2.46. The SMILES string of the molecule is CC1CN(CC(C)(O)c2ccccc2)CC(C)S1. The van der Waals surface area contributed by atoms with Gasteiger partial charge in [0.1, 0.15) is 0 Å². The van der Waals surface area contributed by atoms with Crippen LogP contribution in [0.5, 0.6) is 0 Å². The molecule has 2 rings (SSSR count). The summed E-state index contributed by atoms with van der Waals surface area (Å²) in [7, 11) is 0. The lowest BCUT2D eigenvalue weighted by molar-refractivity contribution is 0.0155. The van der Waals surface area contributed by atoms with E-state index in [9.17, 15) is 5.11 Å². The van der Waals surface area contributed by atoms with Crippen molar-refractivity contribution >= 4 is 11.8 Å². The summed E-state index contributed by atoms with van der Waals surface area (Å²) in [6.07, 6.45) is 0. The minimum absolute atomic E-state index is 0.653. The van der Waals surface area contributed by atoms with Gasteiger partial charge >= 0.3 is 0 Å². The van der Waals surface area contributed by atoms with E-state index < -0.39 is 5.60 Å². The van der Waals surface area contributed by atoms with Gasteiger partial charge in [-0.25, -0.2) is 0 Å². The van der Waals surface area contributed by atoms with E-state index in [2.05, 4.69) is 18.7 Å². The molecule has 0 spiro atoms. The van der Waals surface area contributed by atoms with Crippen LogP contribution in [0.25, 0.3) is 0 Å². The van der Waals surface area contributed by atoms with Crippen LogP contribution in [0.3, 0.4) is 0 Å². The van der Waals surface area contributed by atoms with Crippen LogP contribution in [0.2, 0.25) is 0 Å². The maximum Gasteiger partial charge on any atom is 0.0994 e. The number of hydrogen-bond donors (Lipinski definition) is 1. The molecular formula is C15H23NOS. The zero-order valence-corrected chi connectivity index (χ0v) is 12.3. The Bertz CT molecular complexity index is 369. The Kier molecular flexibility index (Phi) is 4.36. The van der Waals surface area contributed by atoms with Gasteiger partial charge < -0.3 is 5.11 Å². The zero-order valence-electron chi connectivity index (χ0n) is 11.5. The van der Waals surface area contributed by atoms with Gasteiger partial charge in [-0.1, -0.05) is 44.2 Å². The van der Waals surface area contributed by atoms with Crippen molar-refractivity contribution < 1.29 is 5.11 Å². The first-order valence-corrected chi connectivity index (χ1v) is 7.57. The van der Waals surface area contributed by atoms with Crippen LogP contribution in [0.15, 0.2) is 30.3 Å². The predicted molar refractivity (Wildman–Crippen MR) is 79.0 cm³/mol. The molecule has 3 atom stereocenters. The number of hydrogen-bond acceptors (Lipinski definition) is 3. The highest BCUT2D eigenvalue weighted by molar-refractivity contribution is 8.00. The van der Waals surface area contributed by atoms with Gasteiger partial charge in [-0.3, -0.25) is 4.90 Å². The van der Waals surface area contributed by atoms with Gasteiger partial charge in [0.25, 0.3) is 0 Å². The Balaban J connectivity index is 2.04. The molecule has 1 aliphatic rings. The number of β-amino-alcohol motifs (C(OH)–C–C–N with tert-alkyl or cyclic N) is 1. The molecule has 1 aromatic rings. The summed E-state index contributed by atoms with van der Waals surface area (Å²) in [5.74, 6) is 0. The van der Waals surface area contributed by atoms with E-state index in [0.29, 0.717) is 17.0 Å². The smallest absolute Gasteiger partial charge is 0.0994 e. The third-order valence-electron chi connectivity index (χ3n) is 3.42. The molecule has 0 amide bonds. The summed E-state index contributed by atoms with van der Waals surface area (Å²) in [4.78, 5) is 2.39. The van der Waals surface area contributed by atoms with Crippen LogP contribution < -0.4 is 0 Å². The largest absolute Gasteiger partial charge is 0.384 e. The summed E-state index contributed by atoms with van der Waals surface area (Å²) < 4.78 is 0. The van der Waals surface area contributed by atoms with Crippen molar-refractivity contribution in [3.63, 3.8) is 0 Å². The van der Waals surface area contributed by atoms with Crippen LogP contribution in [0.1, 0.15) is 26.3 Å². The lowest BCUT2D eigenvalue weighted by atomic mass is 9.95. The molecule has 1 aromatic carbocycles. The third-order valence-corrected chi connectivity index (χ3v) is 4.65. The van der Waals surface area contributed by atoms with Gasteiger partial charge in [0.2, 0.25) is 0 Å². The summed E-state index contributed by atoms with van der Waals surface area (Å²) in [5.41, 5.74) is 0.242. The number of thioether (sulfide) groups is 1. The molecule has 1 saturated heterocycles. The highest BCUT2D eigenvalue weighted by Gasteiger charge is 2.30. The van der Waals surface area contributed by atoms with Crippen LogP contribution in [0.4, 0.5) is 0 Å². The predicted octanol–water partition coefficient (Wildman–Crippen LogP) is 2.72. The van der Waals surface area contributed by atoms with E-state index in [1.54, 1.807) is 0 Å². The van der Waals surface area contributed by atoms with Crippen molar-refractivity contribution in [2.75, 3.05) is 19.6 Å². The van der Waals surface area contributed by atoms with Crippen LogP contribution in [-0.2, 0) is 5.60 Å². The van der Waals surface area contributed by atoms with Crippen molar-refractivity contribution in [1.82, 2.24) is 4.90 Å². The van der Waals surface area contributed by atoms with E-state index in [1.165, 1.54) is 0 Å². The van der Waals surface area contributed by atoms with Crippen molar-refractivity contribution in [3.8, 4) is 0 Å². The average molecular weight is 265 g/mol. The second-order valence-electron chi connectivity index (χ2n) is 5.59. The number of aliphatic hydroxyl groups is 1. The molecule has 0 aromatic heterocycles. The van der Waals surface area contributed by atoms with Crippen LogP contribution in [0, 0.1) is 0 Å². The fraction of sp³-hybridized carbons (Fsp3) is 0.600. The van der Waals surface area contributed by atoms with Gasteiger partial charge in [-0.15, -0.1) is 0 Å². The Hall–Kier alpha value is -0.510. The number of benzene rings is 1. The van der Waals surface area contributed by atoms with E-state index >= 15 is 0 Å². The first-order valence-electron chi connectivity index (χ1n) is 6.63. The maximum atomic E-state index is 10.7. The fourth-order valence-electron chi connectivity index (χ4n) is 2.74. The molecule has 0 bridgehead atoms. The normalized spacial score (nSPS) is 28.9. The highest BCUT2D eigenvalue weighted by atomic mass is 32.2. The third kappa shape index (κ3) is 3.50. The Morgan fingerprint density at radius 3 is 2.33 bits per heavy atom. The lowest BCUT2D eigenvalue weighted by Gasteiger charge is -2.38. The molecule has 18 heavy (non-hydrogen) atoms. The van der Waals surface area contributed by atoms with E-state index in [4.69, 9.17) is 0 Å². The van der Waals surface area contributed by atoms with Crippen molar-refractivity contribution in [3.05, 3.63) is 35.9 Å². The summed E-state index contributed by atoms with van der Waals surface area (Å²) in [5, 5.41) is 12.0. The summed E-state index contributed by atoms with van der Waals surface area (Å²) >= 11 is 2.04. The molecule has 0 radical (unpaired) electrons. The molecule has 1 aliphatic heterocycles. The van der Waals surface area contributed by atoms with E-state index in [-0.39, 0.29) is 0 Å². The summed E-state index contributed by atoms with van der Waals surface area (Å²) in [6, 6.07) is 9.97. The number of rotatable bonds is 3. The first-order chi connectivity index (χ1) is 8.47. The fourth-order valence-corrected chi connectivity index (χ4v) is 4.12. The summed E-state index contributed by atoms with van der Waals surface area (Å²) in [6.45, 7) is 9.30. The number of nitrogens with zero attached hydrogens (tertiary/aromatic N) is 1. The molecule has 0 saturated carbocycles. The van der Waals surface area contributed by atoms with Gasteiger partial charge in [-0.05, 0) is 12.5 Å². The molecule has 3 heteroatoms. The molecule has 2 nitrogen and oxygen atoms in total. The zero-order chi connectivity index (χ0) is 13.2. The molecule has 0 aliphatic carbocycles. The molecule has 1 N–H and O–H groups in total. The maximum absolute atomic E-state index is 10.7. The van der Waals surface area contributed by atoms with Crippen molar-refractivity contribution in [1.29, 1.82) is 0 Å². The minimum Gasteiger partial charge on any atom is -0.384 e. The van der Waals surface area contributed by atoms with E-state index in [0.717, 1.165) is 18.7 Å². The van der Waals surface area contributed by atoms with Crippen LogP contribution in [-0.4, -0.2) is 40.1 Å². The standard InChI is InChI=1S/C15H23NOS/c1-12-9-16(10-13(2)18-12)11-15(3,17)14-7-5-4-6-8-14/h4-8,12-13,17H,9-11H2,1-3H3. The van der Waals surface area contributed by atoms with Gasteiger partial charge in [0, 0.05) is 30.1 Å². The van der Waals surface area contributed by atoms with Crippen molar-refractivity contribution in [2.24, 2.45) is 0 Å². The molecular weight excluding hydrogens is 242 g/mol. The monoisotopic (exact) mass is 265 g/mol. The topological polar surface area (TPSA) is 23.5 Å². The quantitative estimate of drug-likeness (QED) is 0.909. The van der Waals surface area contributed by atoms with E-state index in [1.807, 2.05) is 49.0 Å². The molecule has 1 fully saturated rings. The second kappa shape index (κ2) is 5.64. The average Bonchev–Trinajstić information content (AvgIpc) is 2.28. The van der Waals surface area contributed by atoms with Gasteiger partial charge in [0.15, 0.2) is 0 Å². The molecule has 3 unspecified atom stereocenters. The first kappa shape index (κ1) is 13.9. The molecule has 1 heterocycles. The van der Waals surface area contributed by atoms with Gasteiger partial charge in [-0.2, -0.15) is 11.8 Å². The second-order valence-corrected chi connectivity index (χ2v) is 7.47. The minimum atomic E-state index is -0.761. The highest BCUT2D eigenvalue weighted by Crippen LogP contribution is 2.28. The van der Waals surface area contributed by atoms with Crippen molar-refractivity contribution in [2.45, 2.75) is 36.9 Å². The molecule has 100 valence electrons. The Labute approximate surface area is 114 Å². The van der Waals surface area contributed by atoms with Crippen LogP contribution >= 0.6 is 11.8 Å².